The molecule has 0 spiro atoms. The summed E-state index contributed by atoms with van der Waals surface area (Å²) in [7, 11) is -0.747. The van der Waals surface area contributed by atoms with Crippen LogP contribution in [0.3, 0.4) is 0 Å². The second-order valence-corrected chi connectivity index (χ2v) is 9.60. The van der Waals surface area contributed by atoms with E-state index in [0.29, 0.717) is 22.6 Å². The van der Waals surface area contributed by atoms with Crippen molar-refractivity contribution in [2.45, 2.75) is 23.9 Å². The van der Waals surface area contributed by atoms with Gasteiger partial charge in [0.15, 0.2) is 11.5 Å². The summed E-state index contributed by atoms with van der Waals surface area (Å²) in [4.78, 5) is 27.0. The van der Waals surface area contributed by atoms with E-state index in [2.05, 4.69) is 5.32 Å². The van der Waals surface area contributed by atoms with E-state index in [9.17, 15) is 18.0 Å². The highest BCUT2D eigenvalue weighted by Gasteiger charge is 2.49. The summed E-state index contributed by atoms with van der Waals surface area (Å²) in [6.07, 6.45) is 0. The first kappa shape index (κ1) is 20.2. The third kappa shape index (κ3) is 3.17. The number of sulfonamides is 1. The lowest BCUT2D eigenvalue weighted by Gasteiger charge is -2.22. The summed E-state index contributed by atoms with van der Waals surface area (Å²) < 4.78 is 36.5. The SMILES string of the molecule is CN(C)S(=O)(=O)c1cccc(CN2C(=O)N[C@@](C)(c3ccc4c(c3)OCO4)C2=O)c1. The number of nitrogens with zero attached hydrogens (tertiary/aromatic N) is 2. The molecule has 30 heavy (non-hydrogen) atoms. The first-order valence-electron chi connectivity index (χ1n) is 9.18. The van der Waals surface area contributed by atoms with Crippen LogP contribution >= 0.6 is 0 Å². The molecule has 0 aromatic heterocycles. The minimum Gasteiger partial charge on any atom is -0.454 e. The van der Waals surface area contributed by atoms with Gasteiger partial charge in [-0.05, 0) is 42.3 Å². The number of imide groups is 1. The zero-order valence-electron chi connectivity index (χ0n) is 16.7. The molecule has 4 rings (SSSR count). The summed E-state index contributed by atoms with van der Waals surface area (Å²) in [5, 5.41) is 2.74. The first-order chi connectivity index (χ1) is 14.1. The number of rotatable bonds is 5. The smallest absolute Gasteiger partial charge is 0.325 e. The Hall–Kier alpha value is -3.11. The van der Waals surface area contributed by atoms with Gasteiger partial charge < -0.3 is 14.8 Å². The maximum absolute atomic E-state index is 13.2. The molecule has 0 saturated carbocycles. The topological polar surface area (TPSA) is 105 Å². The average Bonchev–Trinajstić information content (AvgIpc) is 3.26. The number of urea groups is 1. The highest BCUT2D eigenvalue weighted by atomic mass is 32.2. The van der Waals surface area contributed by atoms with Crippen LogP contribution in [0.2, 0.25) is 0 Å². The highest BCUT2D eigenvalue weighted by molar-refractivity contribution is 7.89. The van der Waals surface area contributed by atoms with E-state index in [1.165, 1.54) is 26.2 Å². The third-order valence-corrected chi connectivity index (χ3v) is 7.05. The van der Waals surface area contributed by atoms with Crippen LogP contribution < -0.4 is 14.8 Å². The van der Waals surface area contributed by atoms with Gasteiger partial charge in [-0.25, -0.2) is 17.5 Å². The molecule has 0 aliphatic carbocycles. The molecule has 2 aromatic carbocycles. The number of nitrogens with one attached hydrogen (secondary N) is 1. The largest absolute Gasteiger partial charge is 0.454 e. The Bertz CT molecular complexity index is 1150. The molecule has 1 atom stereocenters. The Balaban J connectivity index is 1.61. The van der Waals surface area contributed by atoms with Crippen LogP contribution in [0.4, 0.5) is 4.79 Å². The number of hydrogen-bond acceptors (Lipinski definition) is 6. The summed E-state index contributed by atoms with van der Waals surface area (Å²) in [5.41, 5.74) is -0.182. The Morgan fingerprint density at radius 3 is 2.57 bits per heavy atom. The standard InChI is InChI=1S/C20H21N3O6S/c1-20(14-7-8-16-17(10-14)29-12-28-16)18(24)23(19(25)21-20)11-13-5-4-6-15(9-13)30(26,27)22(2)3/h4-10H,11-12H2,1-3H3,(H,21,25)/t20-/m0/s1. The van der Waals surface area contributed by atoms with Crippen LogP contribution in [0.15, 0.2) is 47.4 Å². The van der Waals surface area contributed by atoms with Gasteiger partial charge in [0.25, 0.3) is 5.91 Å². The zero-order valence-corrected chi connectivity index (χ0v) is 17.5. The Morgan fingerprint density at radius 1 is 1.10 bits per heavy atom. The second kappa shape index (κ2) is 6.99. The van der Waals surface area contributed by atoms with Gasteiger partial charge in [-0.1, -0.05) is 18.2 Å². The number of hydrogen-bond donors (Lipinski definition) is 1. The van der Waals surface area contributed by atoms with Gasteiger partial charge in [0.05, 0.1) is 11.4 Å². The Morgan fingerprint density at radius 2 is 1.83 bits per heavy atom. The zero-order chi connectivity index (χ0) is 21.7. The number of carbonyl (C=O) groups is 2. The van der Waals surface area contributed by atoms with E-state index in [1.807, 2.05) is 0 Å². The second-order valence-electron chi connectivity index (χ2n) is 7.45. The Kier molecular flexibility index (Phi) is 4.70. The van der Waals surface area contributed by atoms with Crippen LogP contribution in [0, 0.1) is 0 Å². The molecule has 9 nitrogen and oxygen atoms in total. The summed E-state index contributed by atoms with van der Waals surface area (Å²) in [5.74, 6) is 0.651. The van der Waals surface area contributed by atoms with Gasteiger partial charge in [0.1, 0.15) is 5.54 Å². The monoisotopic (exact) mass is 431 g/mol. The van der Waals surface area contributed by atoms with Gasteiger partial charge >= 0.3 is 6.03 Å². The normalized spacial score (nSPS) is 20.7. The highest BCUT2D eigenvalue weighted by Crippen LogP contribution is 2.38. The van der Waals surface area contributed by atoms with Gasteiger partial charge in [-0.2, -0.15) is 0 Å². The van der Waals surface area contributed by atoms with Crippen molar-refractivity contribution in [1.82, 2.24) is 14.5 Å². The van der Waals surface area contributed by atoms with E-state index in [1.54, 1.807) is 37.3 Å². The van der Waals surface area contributed by atoms with E-state index >= 15 is 0 Å². The molecule has 158 valence electrons. The maximum Gasteiger partial charge on any atom is 0.325 e. The molecule has 3 amide bonds. The fraction of sp³-hybridized carbons (Fsp3) is 0.300. The predicted molar refractivity (Wildman–Crippen MR) is 106 cm³/mol. The molecule has 2 heterocycles. The number of ether oxygens (including phenoxy) is 2. The van der Waals surface area contributed by atoms with Gasteiger partial charge in [-0.15, -0.1) is 0 Å². The lowest BCUT2D eigenvalue weighted by molar-refractivity contribution is -0.131. The molecule has 1 saturated heterocycles. The third-order valence-electron chi connectivity index (χ3n) is 5.24. The molecule has 2 aliphatic heterocycles. The molecule has 10 heteroatoms. The summed E-state index contributed by atoms with van der Waals surface area (Å²) >= 11 is 0. The van der Waals surface area contributed by atoms with Crippen molar-refractivity contribution in [2.24, 2.45) is 0 Å². The van der Waals surface area contributed by atoms with Crippen molar-refractivity contribution in [3.8, 4) is 11.5 Å². The molecule has 1 N–H and O–H groups in total. The van der Waals surface area contributed by atoms with Crippen molar-refractivity contribution in [2.75, 3.05) is 20.9 Å². The number of carbonyl (C=O) groups excluding carboxylic acids is 2. The van der Waals surface area contributed by atoms with Crippen molar-refractivity contribution in [3.63, 3.8) is 0 Å². The van der Waals surface area contributed by atoms with Crippen LogP contribution in [0.25, 0.3) is 0 Å². The van der Waals surface area contributed by atoms with Crippen molar-refractivity contribution in [1.29, 1.82) is 0 Å². The molecule has 0 radical (unpaired) electrons. The first-order valence-corrected chi connectivity index (χ1v) is 10.6. The van der Waals surface area contributed by atoms with Crippen molar-refractivity contribution in [3.05, 3.63) is 53.6 Å². The van der Waals surface area contributed by atoms with E-state index in [-0.39, 0.29) is 18.2 Å². The van der Waals surface area contributed by atoms with Gasteiger partial charge in [-0.3, -0.25) is 9.69 Å². The fourth-order valence-corrected chi connectivity index (χ4v) is 4.41. The van der Waals surface area contributed by atoms with Gasteiger partial charge in [0.2, 0.25) is 16.8 Å². The molecule has 1 fully saturated rings. The summed E-state index contributed by atoms with van der Waals surface area (Å²) in [6, 6.07) is 10.7. The maximum atomic E-state index is 13.2. The van der Waals surface area contributed by atoms with E-state index in [4.69, 9.17) is 9.47 Å². The van der Waals surface area contributed by atoms with Crippen LogP contribution in [-0.2, 0) is 26.9 Å². The van der Waals surface area contributed by atoms with Crippen LogP contribution in [0.5, 0.6) is 11.5 Å². The lowest BCUT2D eigenvalue weighted by atomic mass is 9.91. The molecular weight excluding hydrogens is 410 g/mol. The minimum atomic E-state index is -3.63. The predicted octanol–water partition coefficient (Wildman–Crippen LogP) is 1.63. The van der Waals surface area contributed by atoms with Crippen LogP contribution in [-0.4, -0.2) is 50.4 Å². The molecule has 2 aromatic rings. The minimum absolute atomic E-state index is 0.0540. The number of benzene rings is 2. The lowest BCUT2D eigenvalue weighted by Crippen LogP contribution is -2.40. The molecular formula is C20H21N3O6S. The Labute approximate surface area is 174 Å². The van der Waals surface area contributed by atoms with Crippen LogP contribution in [0.1, 0.15) is 18.1 Å². The fourth-order valence-electron chi connectivity index (χ4n) is 3.44. The quantitative estimate of drug-likeness (QED) is 0.722. The molecule has 0 unspecified atom stereocenters. The van der Waals surface area contributed by atoms with E-state index in [0.717, 1.165) is 9.21 Å². The number of fused-ring (bicyclic) bond motifs is 1. The molecule has 2 aliphatic rings. The van der Waals surface area contributed by atoms with Gasteiger partial charge in [0, 0.05) is 14.1 Å². The average molecular weight is 431 g/mol. The molecule has 0 bridgehead atoms. The van der Waals surface area contributed by atoms with Crippen molar-refractivity contribution < 1.29 is 27.5 Å². The van der Waals surface area contributed by atoms with Crippen molar-refractivity contribution >= 4 is 22.0 Å². The summed E-state index contributed by atoms with van der Waals surface area (Å²) in [6.45, 7) is 1.67. The van der Waals surface area contributed by atoms with E-state index < -0.39 is 27.5 Å². The number of amides is 3.